The number of anilines is 2. The molecular weight excluding hydrogens is 449 g/mol. The van der Waals surface area contributed by atoms with Crippen LogP contribution >= 0.6 is 0 Å². The van der Waals surface area contributed by atoms with E-state index in [-0.39, 0.29) is 30.3 Å². The summed E-state index contributed by atoms with van der Waals surface area (Å²) in [6.07, 6.45) is 6.76. The fourth-order valence-electron chi connectivity index (χ4n) is 5.69. The molecule has 6 rings (SSSR count). The lowest BCUT2D eigenvalue weighted by molar-refractivity contribution is -0.118. The summed E-state index contributed by atoms with van der Waals surface area (Å²) in [4.78, 5) is 32.1. The van der Waals surface area contributed by atoms with Gasteiger partial charge in [0.2, 0.25) is 0 Å². The van der Waals surface area contributed by atoms with Gasteiger partial charge in [0, 0.05) is 37.2 Å². The van der Waals surface area contributed by atoms with Crippen molar-refractivity contribution in [3.63, 3.8) is 0 Å². The number of fused-ring (bicyclic) bond motifs is 1. The number of likely N-dealkylation sites (tertiary alicyclic amines) is 1. The molecule has 182 valence electrons. The highest BCUT2D eigenvalue weighted by molar-refractivity contribution is 5.94. The molecule has 0 bridgehead atoms. The van der Waals surface area contributed by atoms with Crippen molar-refractivity contribution in [1.82, 2.24) is 15.2 Å². The maximum Gasteiger partial charge on any atom is 0.263 e. The molecule has 2 N–H and O–H groups in total. The Kier molecular flexibility index (Phi) is 5.74. The van der Waals surface area contributed by atoms with Gasteiger partial charge in [-0.2, -0.15) is 0 Å². The van der Waals surface area contributed by atoms with Crippen molar-refractivity contribution in [1.29, 1.82) is 0 Å². The number of rotatable bonds is 6. The summed E-state index contributed by atoms with van der Waals surface area (Å²) in [6, 6.07) is 7.17. The molecule has 0 saturated carbocycles. The molecule has 2 atom stereocenters. The van der Waals surface area contributed by atoms with E-state index >= 15 is 0 Å². The zero-order valence-corrected chi connectivity index (χ0v) is 19.4. The fourth-order valence-corrected chi connectivity index (χ4v) is 5.69. The van der Waals surface area contributed by atoms with Crippen molar-refractivity contribution in [3.8, 4) is 5.75 Å². The highest BCUT2D eigenvalue weighted by atomic mass is 19.1. The summed E-state index contributed by atoms with van der Waals surface area (Å²) in [5.74, 6) is 0.766. The molecule has 1 aromatic heterocycles. The Bertz CT molecular complexity index is 1190. The minimum absolute atomic E-state index is 0.0255. The van der Waals surface area contributed by atoms with Gasteiger partial charge in [-0.15, -0.1) is 0 Å². The number of benzene rings is 1. The summed E-state index contributed by atoms with van der Waals surface area (Å²) in [7, 11) is 0. The summed E-state index contributed by atoms with van der Waals surface area (Å²) < 4.78 is 20.3. The number of halogens is 1. The summed E-state index contributed by atoms with van der Waals surface area (Å²) in [6.45, 7) is 3.96. The van der Waals surface area contributed by atoms with Gasteiger partial charge in [0.1, 0.15) is 18.1 Å². The molecule has 2 unspecified atom stereocenters. The number of ether oxygens (including phenoxy) is 1. The van der Waals surface area contributed by atoms with Gasteiger partial charge in [0.25, 0.3) is 5.91 Å². The average molecular weight is 478 g/mol. The van der Waals surface area contributed by atoms with Gasteiger partial charge in [-0.1, -0.05) is 12.2 Å². The zero-order chi connectivity index (χ0) is 23.9. The number of aromatic nitrogens is 1. The Balaban J connectivity index is 1.05. The number of amides is 1. The first kappa shape index (κ1) is 22.2. The Hall–Kier alpha value is -3.30. The molecule has 0 radical (unpaired) electrons. The smallest absolute Gasteiger partial charge is 0.263 e. The van der Waals surface area contributed by atoms with Crippen LogP contribution in [0.1, 0.15) is 35.6 Å². The lowest BCUT2D eigenvalue weighted by Gasteiger charge is -2.34. The van der Waals surface area contributed by atoms with Gasteiger partial charge < -0.3 is 30.0 Å². The van der Waals surface area contributed by atoms with Crippen LogP contribution in [0.25, 0.3) is 6.08 Å². The third-order valence-corrected chi connectivity index (χ3v) is 7.45. The third-order valence-electron chi connectivity index (χ3n) is 7.45. The van der Waals surface area contributed by atoms with Crippen LogP contribution in [0.15, 0.2) is 30.3 Å². The van der Waals surface area contributed by atoms with Crippen LogP contribution in [0, 0.1) is 5.82 Å². The van der Waals surface area contributed by atoms with E-state index in [4.69, 9.17) is 4.74 Å². The maximum atomic E-state index is 14.9. The minimum atomic E-state index is -0.319. The molecule has 9 heteroatoms. The van der Waals surface area contributed by atoms with Crippen LogP contribution in [0.3, 0.4) is 0 Å². The van der Waals surface area contributed by atoms with Gasteiger partial charge in [-0.25, -0.2) is 9.37 Å². The molecule has 5 heterocycles. The first-order chi connectivity index (χ1) is 17.1. The molecule has 1 saturated heterocycles. The van der Waals surface area contributed by atoms with Crippen LogP contribution in [-0.4, -0.2) is 66.9 Å². The van der Waals surface area contributed by atoms with E-state index in [2.05, 4.69) is 25.4 Å². The van der Waals surface area contributed by atoms with E-state index < -0.39 is 0 Å². The lowest BCUT2D eigenvalue weighted by Crippen LogP contribution is -2.44. The summed E-state index contributed by atoms with van der Waals surface area (Å²) in [5.41, 5.74) is 3.50. The number of hydrogen-bond donors (Lipinski definition) is 2. The Morgan fingerprint density at radius 3 is 2.91 bits per heavy atom. The van der Waals surface area contributed by atoms with Gasteiger partial charge in [0.05, 0.1) is 11.4 Å². The predicted octanol–water partition coefficient (Wildman–Crippen LogP) is 2.30. The fraction of sp³-hybridized carbons (Fsp3) is 0.423. The molecule has 1 amide bonds. The topological polar surface area (TPSA) is 86.8 Å². The number of nitrogens with zero attached hydrogens (tertiary/aromatic N) is 3. The van der Waals surface area contributed by atoms with Gasteiger partial charge in [-0.05, 0) is 55.8 Å². The zero-order valence-electron chi connectivity index (χ0n) is 19.4. The Morgan fingerprint density at radius 1 is 1.23 bits per heavy atom. The molecule has 2 aromatic rings. The van der Waals surface area contributed by atoms with Crippen molar-refractivity contribution in [2.75, 3.05) is 43.0 Å². The quantitative estimate of drug-likeness (QED) is 0.618. The highest BCUT2D eigenvalue weighted by Crippen LogP contribution is 2.44. The second-order valence-electron chi connectivity index (χ2n) is 9.68. The van der Waals surface area contributed by atoms with E-state index in [1.54, 1.807) is 12.1 Å². The molecule has 1 aromatic carbocycles. The average Bonchev–Trinajstić information content (AvgIpc) is 3.26. The van der Waals surface area contributed by atoms with Crippen molar-refractivity contribution < 1.29 is 18.7 Å². The van der Waals surface area contributed by atoms with Crippen molar-refractivity contribution in [3.05, 3.63) is 53.0 Å². The van der Waals surface area contributed by atoms with Gasteiger partial charge in [0.15, 0.2) is 18.2 Å². The number of piperidine rings is 1. The molecule has 8 nitrogen and oxygen atoms in total. The highest BCUT2D eigenvalue weighted by Gasteiger charge is 2.38. The standard InChI is InChI=1S/C26H28FN5O3/c27-21-5-2-16-1-4-20(14-33)32-13-17(24(21)25(16)32)12-31-9-7-18(8-10-31)28-11-19-3-6-22-26(29-19)30-23(34)15-35-22/h1-6,14,17-18,20,28H,7-13,15H2,(H,29,30,34). The Morgan fingerprint density at radius 2 is 2.09 bits per heavy atom. The Labute approximate surface area is 203 Å². The number of aldehydes is 1. The number of carbonyl (C=O) groups excluding carboxylic acids is 2. The number of carbonyl (C=O) groups is 2. The maximum absolute atomic E-state index is 14.9. The molecule has 1 fully saturated rings. The van der Waals surface area contributed by atoms with E-state index in [9.17, 15) is 14.0 Å². The molecule has 4 aliphatic rings. The lowest BCUT2D eigenvalue weighted by atomic mass is 9.95. The van der Waals surface area contributed by atoms with E-state index in [1.807, 2.05) is 24.3 Å². The summed E-state index contributed by atoms with van der Waals surface area (Å²) >= 11 is 0. The first-order valence-electron chi connectivity index (χ1n) is 12.2. The third kappa shape index (κ3) is 4.19. The molecule has 35 heavy (non-hydrogen) atoms. The second kappa shape index (κ2) is 9.05. The van der Waals surface area contributed by atoms with Crippen LogP contribution in [0.2, 0.25) is 0 Å². The minimum Gasteiger partial charge on any atom is -0.480 e. The number of hydrogen-bond acceptors (Lipinski definition) is 7. The molecular formula is C26H28FN5O3. The van der Waals surface area contributed by atoms with Crippen molar-refractivity contribution in [2.24, 2.45) is 0 Å². The monoisotopic (exact) mass is 477 g/mol. The summed E-state index contributed by atoms with van der Waals surface area (Å²) in [5, 5.41) is 6.33. The molecule has 0 spiro atoms. The number of nitrogens with one attached hydrogen (secondary N) is 2. The van der Waals surface area contributed by atoms with E-state index in [0.717, 1.165) is 61.3 Å². The van der Waals surface area contributed by atoms with Crippen LogP contribution in [0.5, 0.6) is 5.75 Å². The van der Waals surface area contributed by atoms with Gasteiger partial charge in [-0.3, -0.25) is 4.79 Å². The van der Waals surface area contributed by atoms with Crippen molar-refractivity contribution >= 4 is 29.8 Å². The van der Waals surface area contributed by atoms with Crippen LogP contribution < -0.4 is 20.3 Å². The predicted molar refractivity (Wildman–Crippen MR) is 130 cm³/mol. The first-order valence-corrected chi connectivity index (χ1v) is 12.2. The second-order valence-corrected chi connectivity index (χ2v) is 9.68. The number of pyridine rings is 1. The largest absolute Gasteiger partial charge is 0.480 e. The van der Waals surface area contributed by atoms with E-state index in [0.29, 0.717) is 30.7 Å². The molecule has 0 aliphatic carbocycles. The van der Waals surface area contributed by atoms with Crippen molar-refractivity contribution in [2.45, 2.75) is 37.4 Å². The molecule has 4 aliphatic heterocycles. The van der Waals surface area contributed by atoms with Gasteiger partial charge >= 0.3 is 0 Å². The van der Waals surface area contributed by atoms with Crippen LogP contribution in [-0.2, 0) is 16.1 Å². The van der Waals surface area contributed by atoms with E-state index in [1.165, 1.54) is 0 Å². The SMILES string of the molecule is O=CC1C=Cc2ccc(F)c3c2N1CC3CN1CCC(NCc2ccc3c(n2)NC(=O)CO3)CC1. The van der Waals surface area contributed by atoms with Crippen LogP contribution in [0.4, 0.5) is 15.9 Å². The normalized spacial score (nSPS) is 23.5.